The molecule has 0 saturated heterocycles. The van der Waals surface area contributed by atoms with Gasteiger partial charge in [-0.2, -0.15) is 5.26 Å². The van der Waals surface area contributed by atoms with Crippen LogP contribution in [0.1, 0.15) is 30.9 Å². The molecular weight excluding hydrogens is 295 g/mol. The fourth-order valence-corrected chi connectivity index (χ4v) is 2.78. The molecule has 1 atom stereocenters. The zero-order chi connectivity index (χ0) is 14.5. The van der Waals surface area contributed by atoms with Crippen molar-refractivity contribution in [3.8, 4) is 6.07 Å². The molecule has 1 fully saturated rings. The first-order valence-electron chi connectivity index (χ1n) is 6.82. The van der Waals surface area contributed by atoms with Crippen LogP contribution in [0, 0.1) is 17.2 Å². The van der Waals surface area contributed by atoms with Crippen molar-refractivity contribution in [3.63, 3.8) is 0 Å². The maximum Gasteiger partial charge on any atom is 0.0931 e. The van der Waals surface area contributed by atoms with E-state index < -0.39 is 6.10 Å². The minimum absolute atomic E-state index is 0.480. The summed E-state index contributed by atoms with van der Waals surface area (Å²) < 4.78 is 0. The quantitative estimate of drug-likeness (QED) is 0.836. The van der Waals surface area contributed by atoms with Crippen LogP contribution in [0.5, 0.6) is 0 Å². The van der Waals surface area contributed by atoms with Gasteiger partial charge >= 0.3 is 0 Å². The summed E-state index contributed by atoms with van der Waals surface area (Å²) in [6.45, 7) is 2.14. The Morgan fingerprint density at radius 1 is 1.40 bits per heavy atom. The molecule has 1 N–H and O–H groups in total. The van der Waals surface area contributed by atoms with Gasteiger partial charge in [0.05, 0.1) is 12.2 Å². The monoisotopic (exact) mass is 312 g/mol. The van der Waals surface area contributed by atoms with Crippen LogP contribution >= 0.6 is 23.2 Å². The maximum absolute atomic E-state index is 10.3. The topological polar surface area (TPSA) is 47.3 Å². The van der Waals surface area contributed by atoms with Crippen molar-refractivity contribution in [3.05, 3.63) is 33.8 Å². The molecule has 5 heteroatoms. The standard InChI is InChI=1S/C15H18Cl2N2O/c16-12-4-5-13(14(17)8-12)15(20)10-19(7-1-6-18)9-11-2-3-11/h4-5,8,11,15,20H,1-3,7,9-10H2. The lowest BCUT2D eigenvalue weighted by Gasteiger charge is -2.24. The van der Waals surface area contributed by atoms with Gasteiger partial charge in [0.25, 0.3) is 0 Å². The molecule has 0 aromatic heterocycles. The van der Waals surface area contributed by atoms with E-state index in [1.165, 1.54) is 12.8 Å². The molecule has 1 aromatic carbocycles. The number of nitriles is 1. The van der Waals surface area contributed by atoms with Gasteiger partial charge in [0.1, 0.15) is 0 Å². The molecule has 1 aliphatic carbocycles. The molecule has 1 aromatic rings. The van der Waals surface area contributed by atoms with Gasteiger partial charge in [-0.15, -0.1) is 0 Å². The summed E-state index contributed by atoms with van der Waals surface area (Å²) in [6, 6.07) is 7.29. The van der Waals surface area contributed by atoms with Crippen LogP contribution in [0.3, 0.4) is 0 Å². The lowest BCUT2D eigenvalue weighted by molar-refractivity contribution is 0.111. The Kier molecular flexibility index (Phi) is 5.68. The van der Waals surface area contributed by atoms with E-state index in [2.05, 4.69) is 11.0 Å². The maximum atomic E-state index is 10.3. The van der Waals surface area contributed by atoms with Crippen LogP contribution in [-0.4, -0.2) is 29.6 Å². The Balaban J connectivity index is 1.98. The van der Waals surface area contributed by atoms with Crippen LogP contribution < -0.4 is 0 Å². The predicted molar refractivity (Wildman–Crippen MR) is 80.8 cm³/mol. The second kappa shape index (κ2) is 7.28. The molecule has 20 heavy (non-hydrogen) atoms. The number of aliphatic hydroxyl groups excluding tert-OH is 1. The highest BCUT2D eigenvalue weighted by Crippen LogP contribution is 2.31. The third-order valence-electron chi connectivity index (χ3n) is 3.51. The van der Waals surface area contributed by atoms with E-state index in [1.807, 2.05) is 0 Å². The molecule has 0 spiro atoms. The lowest BCUT2D eigenvalue weighted by Crippen LogP contribution is -2.31. The van der Waals surface area contributed by atoms with Gasteiger partial charge in [-0.05, 0) is 30.9 Å². The van der Waals surface area contributed by atoms with E-state index in [0.29, 0.717) is 35.1 Å². The Labute approximate surface area is 129 Å². The summed E-state index contributed by atoms with van der Waals surface area (Å²) in [5, 5.41) is 20.1. The number of benzene rings is 1. The van der Waals surface area contributed by atoms with Gasteiger partial charge in [-0.3, -0.25) is 4.90 Å². The second-order valence-corrected chi connectivity index (χ2v) is 6.14. The third-order valence-corrected chi connectivity index (χ3v) is 4.07. The van der Waals surface area contributed by atoms with Gasteiger partial charge < -0.3 is 5.11 Å². The molecule has 1 saturated carbocycles. The van der Waals surface area contributed by atoms with Gasteiger partial charge in [-0.1, -0.05) is 29.3 Å². The normalized spacial score (nSPS) is 16.1. The Morgan fingerprint density at radius 2 is 2.15 bits per heavy atom. The largest absolute Gasteiger partial charge is 0.387 e. The molecule has 0 aliphatic heterocycles. The van der Waals surface area contributed by atoms with Crippen LogP contribution in [0.15, 0.2) is 18.2 Å². The zero-order valence-electron chi connectivity index (χ0n) is 11.2. The fraction of sp³-hybridized carbons (Fsp3) is 0.533. The highest BCUT2D eigenvalue weighted by molar-refractivity contribution is 6.35. The van der Waals surface area contributed by atoms with E-state index in [0.717, 1.165) is 12.5 Å². The average molecular weight is 313 g/mol. The molecule has 2 rings (SSSR count). The minimum atomic E-state index is -0.655. The van der Waals surface area contributed by atoms with Crippen molar-refractivity contribution in [2.45, 2.75) is 25.4 Å². The highest BCUT2D eigenvalue weighted by Gasteiger charge is 2.25. The van der Waals surface area contributed by atoms with Crippen LogP contribution in [-0.2, 0) is 0 Å². The summed E-state index contributed by atoms with van der Waals surface area (Å²) in [6.07, 6.45) is 2.33. The first-order valence-corrected chi connectivity index (χ1v) is 7.58. The summed E-state index contributed by atoms with van der Waals surface area (Å²) >= 11 is 12.0. The lowest BCUT2D eigenvalue weighted by atomic mass is 10.1. The van der Waals surface area contributed by atoms with E-state index >= 15 is 0 Å². The van der Waals surface area contributed by atoms with E-state index in [4.69, 9.17) is 28.5 Å². The number of hydrogen-bond acceptors (Lipinski definition) is 3. The van der Waals surface area contributed by atoms with Crippen molar-refractivity contribution in [2.24, 2.45) is 5.92 Å². The molecular formula is C15H18Cl2N2O. The SMILES string of the molecule is N#CCCN(CC1CC1)CC(O)c1ccc(Cl)cc1Cl. The van der Waals surface area contributed by atoms with Crippen molar-refractivity contribution in [2.75, 3.05) is 19.6 Å². The van der Waals surface area contributed by atoms with E-state index in [-0.39, 0.29) is 0 Å². The van der Waals surface area contributed by atoms with Crippen LogP contribution in [0.2, 0.25) is 10.0 Å². The summed E-state index contributed by atoms with van der Waals surface area (Å²) in [5.41, 5.74) is 0.689. The van der Waals surface area contributed by atoms with E-state index in [1.54, 1.807) is 18.2 Å². The fourth-order valence-electron chi connectivity index (χ4n) is 2.25. The molecule has 0 radical (unpaired) electrons. The molecule has 0 bridgehead atoms. The number of aliphatic hydroxyl groups is 1. The molecule has 1 unspecified atom stereocenters. The Hall–Kier alpha value is -0.790. The Bertz CT molecular complexity index is 497. The van der Waals surface area contributed by atoms with Crippen molar-refractivity contribution < 1.29 is 5.11 Å². The average Bonchev–Trinajstić information content (AvgIpc) is 3.19. The first kappa shape index (κ1) is 15.6. The van der Waals surface area contributed by atoms with Gasteiger partial charge in [0.2, 0.25) is 0 Å². The Morgan fingerprint density at radius 3 is 2.75 bits per heavy atom. The highest BCUT2D eigenvalue weighted by atomic mass is 35.5. The van der Waals surface area contributed by atoms with Gasteiger partial charge in [0, 0.05) is 41.7 Å². The summed E-state index contributed by atoms with van der Waals surface area (Å²) in [5.74, 6) is 0.724. The van der Waals surface area contributed by atoms with Gasteiger partial charge in [0.15, 0.2) is 0 Å². The molecule has 1 aliphatic rings. The third kappa shape index (κ3) is 4.64. The second-order valence-electron chi connectivity index (χ2n) is 5.29. The summed E-state index contributed by atoms with van der Waals surface area (Å²) in [4.78, 5) is 2.15. The predicted octanol–water partition coefficient (Wildman–Crippen LogP) is 3.65. The van der Waals surface area contributed by atoms with Crippen molar-refractivity contribution in [1.29, 1.82) is 5.26 Å². The van der Waals surface area contributed by atoms with Crippen molar-refractivity contribution in [1.82, 2.24) is 4.90 Å². The number of halogens is 2. The molecule has 0 heterocycles. The van der Waals surface area contributed by atoms with Crippen molar-refractivity contribution >= 4 is 23.2 Å². The molecule has 0 amide bonds. The van der Waals surface area contributed by atoms with Crippen LogP contribution in [0.4, 0.5) is 0 Å². The first-order chi connectivity index (χ1) is 9.60. The number of hydrogen-bond donors (Lipinski definition) is 1. The molecule has 108 valence electrons. The minimum Gasteiger partial charge on any atom is -0.387 e. The molecule has 3 nitrogen and oxygen atoms in total. The van der Waals surface area contributed by atoms with Gasteiger partial charge in [-0.25, -0.2) is 0 Å². The zero-order valence-corrected chi connectivity index (χ0v) is 12.7. The summed E-state index contributed by atoms with van der Waals surface area (Å²) in [7, 11) is 0. The number of rotatable bonds is 7. The van der Waals surface area contributed by atoms with Crippen LogP contribution in [0.25, 0.3) is 0 Å². The van der Waals surface area contributed by atoms with E-state index in [9.17, 15) is 5.11 Å². The number of nitrogens with zero attached hydrogens (tertiary/aromatic N) is 2. The smallest absolute Gasteiger partial charge is 0.0931 e.